The Hall–Kier alpha value is -1.86. The Balaban J connectivity index is 2.01. The zero-order chi connectivity index (χ0) is 17.5. The maximum Gasteiger partial charge on any atom is 0.303 e. The molecule has 5 nitrogen and oxygen atoms in total. The first-order valence-corrected chi connectivity index (χ1v) is 8.93. The number of hydrogen-bond acceptors (Lipinski definition) is 5. The molecule has 0 aliphatic carbocycles. The summed E-state index contributed by atoms with van der Waals surface area (Å²) in [7, 11) is 0. The molecule has 7 heteroatoms. The Morgan fingerprint density at radius 1 is 1.38 bits per heavy atom. The number of thioether (sulfide) groups is 1. The number of aliphatic carboxylic acids is 1. The van der Waals surface area contributed by atoms with E-state index in [-0.39, 0.29) is 12.3 Å². The quantitative estimate of drug-likeness (QED) is 0.561. The van der Waals surface area contributed by atoms with Crippen molar-refractivity contribution in [1.82, 2.24) is 4.90 Å². The molecule has 24 heavy (non-hydrogen) atoms. The summed E-state index contributed by atoms with van der Waals surface area (Å²) in [5.74, 6) is -0.238. The van der Waals surface area contributed by atoms with Crippen LogP contribution >= 0.6 is 24.0 Å². The van der Waals surface area contributed by atoms with Crippen molar-refractivity contribution in [3.05, 3.63) is 34.7 Å². The number of ether oxygens (including phenoxy) is 1. The molecule has 1 fully saturated rings. The largest absolute Gasteiger partial charge is 0.494 e. The number of carboxylic acid groups (broad SMARTS) is 1. The first kappa shape index (κ1) is 18.5. The second-order valence-electron chi connectivity index (χ2n) is 5.25. The van der Waals surface area contributed by atoms with Crippen LogP contribution < -0.4 is 4.74 Å². The SMILES string of the molecule is CCCOc1ccc(/C=C2\SC(=S)N(CCCC(=O)O)C2=O)cc1. The van der Waals surface area contributed by atoms with Gasteiger partial charge in [0.1, 0.15) is 10.1 Å². The molecule has 1 aliphatic heterocycles. The normalized spacial score (nSPS) is 16.0. The van der Waals surface area contributed by atoms with E-state index >= 15 is 0 Å². The molecule has 0 atom stereocenters. The van der Waals surface area contributed by atoms with Gasteiger partial charge >= 0.3 is 5.97 Å². The molecule has 0 aromatic heterocycles. The van der Waals surface area contributed by atoms with Crippen LogP contribution in [-0.2, 0) is 9.59 Å². The molecular weight excluding hydrogens is 346 g/mol. The van der Waals surface area contributed by atoms with Gasteiger partial charge in [-0.3, -0.25) is 14.5 Å². The van der Waals surface area contributed by atoms with Gasteiger partial charge in [0.05, 0.1) is 11.5 Å². The third kappa shape index (κ3) is 5.07. The molecule has 1 aliphatic rings. The van der Waals surface area contributed by atoms with Crippen LogP contribution in [0.4, 0.5) is 0 Å². The lowest BCUT2D eigenvalue weighted by molar-refractivity contribution is -0.137. The predicted octanol–water partition coefficient (Wildman–Crippen LogP) is 3.54. The van der Waals surface area contributed by atoms with E-state index in [4.69, 9.17) is 22.1 Å². The summed E-state index contributed by atoms with van der Waals surface area (Å²) >= 11 is 6.46. The molecule has 1 amide bonds. The van der Waals surface area contributed by atoms with Gasteiger partial charge in [0.2, 0.25) is 0 Å². The van der Waals surface area contributed by atoms with Gasteiger partial charge in [-0.1, -0.05) is 43.0 Å². The van der Waals surface area contributed by atoms with Crippen LogP contribution in [0.2, 0.25) is 0 Å². The number of carbonyl (C=O) groups is 2. The number of amides is 1. The standard InChI is InChI=1S/C17H19NO4S2/c1-2-10-22-13-7-5-12(6-8-13)11-14-16(21)18(17(23)24-14)9-3-4-15(19)20/h5-8,11H,2-4,9-10H2,1H3,(H,19,20)/b14-11-. The Kier molecular flexibility index (Phi) is 6.81. The Morgan fingerprint density at radius 2 is 2.08 bits per heavy atom. The van der Waals surface area contributed by atoms with Crippen LogP contribution in [0.25, 0.3) is 6.08 Å². The molecule has 1 N–H and O–H groups in total. The molecule has 1 saturated heterocycles. The fourth-order valence-electron chi connectivity index (χ4n) is 2.11. The third-order valence-electron chi connectivity index (χ3n) is 3.30. The average Bonchev–Trinajstić information content (AvgIpc) is 2.81. The van der Waals surface area contributed by atoms with Crippen molar-refractivity contribution in [2.75, 3.05) is 13.2 Å². The molecule has 0 spiro atoms. The van der Waals surface area contributed by atoms with E-state index in [2.05, 4.69) is 0 Å². The van der Waals surface area contributed by atoms with Gasteiger partial charge < -0.3 is 9.84 Å². The van der Waals surface area contributed by atoms with Gasteiger partial charge in [-0.05, 0) is 36.6 Å². The molecule has 0 radical (unpaired) electrons. The lowest BCUT2D eigenvalue weighted by Crippen LogP contribution is -2.29. The highest BCUT2D eigenvalue weighted by atomic mass is 32.2. The summed E-state index contributed by atoms with van der Waals surface area (Å²) in [5, 5.41) is 8.68. The highest BCUT2D eigenvalue weighted by Gasteiger charge is 2.31. The van der Waals surface area contributed by atoms with E-state index in [0.717, 1.165) is 17.7 Å². The van der Waals surface area contributed by atoms with Crippen LogP contribution in [-0.4, -0.2) is 39.4 Å². The smallest absolute Gasteiger partial charge is 0.303 e. The summed E-state index contributed by atoms with van der Waals surface area (Å²) in [4.78, 5) is 25.0. The molecule has 2 rings (SSSR count). The predicted molar refractivity (Wildman–Crippen MR) is 99.0 cm³/mol. The van der Waals surface area contributed by atoms with Crippen LogP contribution in [0.1, 0.15) is 31.7 Å². The van der Waals surface area contributed by atoms with Crippen molar-refractivity contribution in [2.45, 2.75) is 26.2 Å². The minimum Gasteiger partial charge on any atom is -0.494 e. The van der Waals surface area contributed by atoms with E-state index in [9.17, 15) is 9.59 Å². The zero-order valence-electron chi connectivity index (χ0n) is 13.4. The lowest BCUT2D eigenvalue weighted by atomic mass is 10.2. The van der Waals surface area contributed by atoms with Crippen LogP contribution in [0.15, 0.2) is 29.2 Å². The first-order chi connectivity index (χ1) is 11.5. The number of hydrogen-bond donors (Lipinski definition) is 1. The second kappa shape index (κ2) is 8.84. The van der Waals surface area contributed by atoms with E-state index in [1.165, 1.54) is 16.7 Å². The molecule has 128 valence electrons. The topological polar surface area (TPSA) is 66.8 Å². The summed E-state index contributed by atoms with van der Waals surface area (Å²) < 4.78 is 6.00. The third-order valence-corrected chi connectivity index (χ3v) is 4.67. The Morgan fingerprint density at radius 3 is 2.71 bits per heavy atom. The maximum absolute atomic E-state index is 12.4. The van der Waals surface area contributed by atoms with Crippen molar-refractivity contribution in [2.24, 2.45) is 0 Å². The molecule has 1 aromatic rings. The van der Waals surface area contributed by atoms with Gasteiger partial charge in [-0.2, -0.15) is 0 Å². The number of benzene rings is 1. The van der Waals surface area contributed by atoms with Gasteiger partial charge in [0.25, 0.3) is 5.91 Å². The summed E-state index contributed by atoms with van der Waals surface area (Å²) in [6, 6.07) is 7.52. The Bertz CT molecular complexity index is 655. The fraction of sp³-hybridized carbons (Fsp3) is 0.353. The Labute approximate surface area is 150 Å². The van der Waals surface area contributed by atoms with Crippen LogP contribution in [0.3, 0.4) is 0 Å². The van der Waals surface area contributed by atoms with Gasteiger partial charge in [0.15, 0.2) is 0 Å². The zero-order valence-corrected chi connectivity index (χ0v) is 15.0. The van der Waals surface area contributed by atoms with Crippen molar-refractivity contribution < 1.29 is 19.4 Å². The minimum absolute atomic E-state index is 0.0231. The highest BCUT2D eigenvalue weighted by Crippen LogP contribution is 2.32. The lowest BCUT2D eigenvalue weighted by Gasteiger charge is -2.13. The van der Waals surface area contributed by atoms with Gasteiger partial charge in [-0.25, -0.2) is 0 Å². The van der Waals surface area contributed by atoms with Gasteiger partial charge in [0, 0.05) is 13.0 Å². The van der Waals surface area contributed by atoms with E-state index in [1.807, 2.05) is 31.2 Å². The second-order valence-corrected chi connectivity index (χ2v) is 6.92. The van der Waals surface area contributed by atoms with Crippen LogP contribution in [0.5, 0.6) is 5.75 Å². The molecule has 0 bridgehead atoms. The molecule has 1 heterocycles. The van der Waals surface area contributed by atoms with E-state index in [0.29, 0.717) is 28.8 Å². The van der Waals surface area contributed by atoms with Crippen molar-refractivity contribution in [1.29, 1.82) is 0 Å². The van der Waals surface area contributed by atoms with Crippen molar-refractivity contribution >= 4 is 46.3 Å². The summed E-state index contributed by atoms with van der Waals surface area (Å²) in [6.07, 6.45) is 3.15. The molecule has 0 unspecified atom stereocenters. The number of carbonyl (C=O) groups excluding carboxylic acids is 1. The molecule has 0 saturated carbocycles. The number of rotatable bonds is 8. The number of nitrogens with zero attached hydrogens (tertiary/aromatic N) is 1. The average molecular weight is 365 g/mol. The van der Waals surface area contributed by atoms with E-state index < -0.39 is 5.97 Å². The maximum atomic E-state index is 12.4. The molecular formula is C17H19NO4S2. The van der Waals surface area contributed by atoms with Crippen LogP contribution in [0, 0.1) is 0 Å². The highest BCUT2D eigenvalue weighted by molar-refractivity contribution is 8.26. The van der Waals surface area contributed by atoms with Crippen molar-refractivity contribution in [3.8, 4) is 5.75 Å². The summed E-state index contributed by atoms with van der Waals surface area (Å²) in [5.41, 5.74) is 0.893. The number of carboxylic acids is 1. The number of thiocarbonyl (C=S) groups is 1. The fourth-order valence-corrected chi connectivity index (χ4v) is 3.42. The minimum atomic E-state index is -0.874. The molecule has 1 aromatic carbocycles. The summed E-state index contributed by atoms with van der Waals surface area (Å²) in [6.45, 7) is 3.05. The first-order valence-electron chi connectivity index (χ1n) is 7.71. The van der Waals surface area contributed by atoms with Gasteiger partial charge in [-0.15, -0.1) is 0 Å². The van der Waals surface area contributed by atoms with Crippen molar-refractivity contribution in [3.63, 3.8) is 0 Å². The monoisotopic (exact) mass is 365 g/mol. The van der Waals surface area contributed by atoms with E-state index in [1.54, 1.807) is 6.08 Å².